The van der Waals surface area contributed by atoms with Gasteiger partial charge in [0, 0.05) is 17.7 Å². The fourth-order valence-corrected chi connectivity index (χ4v) is 2.54. The highest BCUT2D eigenvalue weighted by molar-refractivity contribution is 6.30. The van der Waals surface area contributed by atoms with Crippen LogP contribution in [0.3, 0.4) is 0 Å². The number of benzene rings is 1. The third kappa shape index (κ3) is 2.82. The Morgan fingerprint density at radius 2 is 2.05 bits per heavy atom. The molecule has 0 spiro atoms. The molecule has 0 bridgehead atoms. The molecule has 1 aromatic heterocycles. The first kappa shape index (κ1) is 14.9. The Hall–Kier alpha value is -1.99. The Morgan fingerprint density at radius 1 is 1.36 bits per heavy atom. The van der Waals surface area contributed by atoms with Crippen LogP contribution in [-0.2, 0) is 16.1 Å². The Labute approximate surface area is 132 Å². The first-order valence-electron chi connectivity index (χ1n) is 6.86. The molecule has 0 unspecified atom stereocenters. The fraction of sp³-hybridized carbons (Fsp3) is 0.429. The SMILES string of the molecule is COC1(C)CN(C(=O)Cn2nnnc2-c2ccc(Cl)cc2)C1. The first-order valence-corrected chi connectivity index (χ1v) is 7.23. The third-order valence-electron chi connectivity index (χ3n) is 3.82. The van der Waals surface area contributed by atoms with Crippen LogP contribution in [0.4, 0.5) is 0 Å². The summed E-state index contributed by atoms with van der Waals surface area (Å²) in [5.74, 6) is 0.511. The van der Waals surface area contributed by atoms with Crippen molar-refractivity contribution in [1.29, 1.82) is 0 Å². The van der Waals surface area contributed by atoms with E-state index in [-0.39, 0.29) is 18.1 Å². The lowest BCUT2D eigenvalue weighted by molar-refractivity contribution is -0.158. The lowest BCUT2D eigenvalue weighted by Gasteiger charge is -2.46. The number of methoxy groups -OCH3 is 1. The molecule has 8 heteroatoms. The van der Waals surface area contributed by atoms with E-state index in [1.807, 2.05) is 19.1 Å². The molecule has 2 aromatic rings. The third-order valence-corrected chi connectivity index (χ3v) is 4.07. The zero-order valence-electron chi connectivity index (χ0n) is 12.4. The van der Waals surface area contributed by atoms with Crippen molar-refractivity contribution in [3.05, 3.63) is 29.3 Å². The van der Waals surface area contributed by atoms with Crippen molar-refractivity contribution >= 4 is 17.5 Å². The van der Waals surface area contributed by atoms with Crippen molar-refractivity contribution in [3.8, 4) is 11.4 Å². The second-order valence-electron chi connectivity index (χ2n) is 5.57. The topological polar surface area (TPSA) is 73.1 Å². The summed E-state index contributed by atoms with van der Waals surface area (Å²) in [4.78, 5) is 14.0. The molecular weight excluding hydrogens is 306 g/mol. The molecular formula is C14H16ClN5O2. The van der Waals surface area contributed by atoms with Crippen molar-refractivity contribution in [3.63, 3.8) is 0 Å². The van der Waals surface area contributed by atoms with Crippen LogP contribution >= 0.6 is 11.6 Å². The highest BCUT2D eigenvalue weighted by atomic mass is 35.5. The van der Waals surface area contributed by atoms with E-state index in [4.69, 9.17) is 16.3 Å². The molecule has 116 valence electrons. The van der Waals surface area contributed by atoms with Gasteiger partial charge in [-0.1, -0.05) is 11.6 Å². The molecule has 22 heavy (non-hydrogen) atoms. The quantitative estimate of drug-likeness (QED) is 0.847. The number of ether oxygens (including phenoxy) is 1. The molecule has 1 amide bonds. The van der Waals surface area contributed by atoms with Gasteiger partial charge in [-0.25, -0.2) is 4.68 Å². The summed E-state index contributed by atoms with van der Waals surface area (Å²) in [7, 11) is 1.65. The molecule has 0 aliphatic carbocycles. The van der Waals surface area contributed by atoms with Gasteiger partial charge in [0.15, 0.2) is 5.82 Å². The van der Waals surface area contributed by atoms with Gasteiger partial charge in [-0.2, -0.15) is 0 Å². The van der Waals surface area contributed by atoms with Gasteiger partial charge < -0.3 is 9.64 Å². The maximum atomic E-state index is 12.3. The maximum Gasteiger partial charge on any atom is 0.244 e. The summed E-state index contributed by atoms with van der Waals surface area (Å²) in [5.41, 5.74) is 0.572. The van der Waals surface area contributed by atoms with Gasteiger partial charge in [0.25, 0.3) is 0 Å². The van der Waals surface area contributed by atoms with Crippen molar-refractivity contribution in [2.45, 2.75) is 19.1 Å². The number of carbonyl (C=O) groups excluding carboxylic acids is 1. The van der Waals surface area contributed by atoms with E-state index in [2.05, 4.69) is 15.5 Å². The lowest BCUT2D eigenvalue weighted by Crippen LogP contribution is -2.63. The van der Waals surface area contributed by atoms with Gasteiger partial charge in [0.1, 0.15) is 6.54 Å². The Balaban J connectivity index is 1.71. The van der Waals surface area contributed by atoms with Crippen LogP contribution in [0.2, 0.25) is 5.02 Å². The van der Waals surface area contributed by atoms with Crippen LogP contribution in [0.25, 0.3) is 11.4 Å². The molecule has 1 aliphatic heterocycles. The number of nitrogens with zero attached hydrogens (tertiary/aromatic N) is 5. The summed E-state index contributed by atoms with van der Waals surface area (Å²) in [5, 5.41) is 12.2. The number of amides is 1. The maximum absolute atomic E-state index is 12.3. The predicted octanol–water partition coefficient (Wildman–Crippen LogP) is 1.24. The van der Waals surface area contributed by atoms with Gasteiger partial charge in [-0.05, 0) is 41.6 Å². The largest absolute Gasteiger partial charge is 0.375 e. The van der Waals surface area contributed by atoms with Gasteiger partial charge >= 0.3 is 0 Å². The second-order valence-corrected chi connectivity index (χ2v) is 6.01. The first-order chi connectivity index (χ1) is 10.5. The van der Waals surface area contributed by atoms with Crippen LogP contribution in [0.1, 0.15) is 6.92 Å². The Kier molecular flexibility index (Phi) is 3.84. The second kappa shape index (κ2) is 5.66. The number of hydrogen-bond acceptors (Lipinski definition) is 5. The number of halogens is 1. The fourth-order valence-electron chi connectivity index (χ4n) is 2.41. The van der Waals surface area contributed by atoms with Gasteiger partial charge in [0.2, 0.25) is 5.91 Å². The molecule has 0 radical (unpaired) electrons. The van der Waals surface area contributed by atoms with Crippen LogP contribution in [0, 0.1) is 0 Å². The van der Waals surface area contributed by atoms with E-state index in [1.165, 1.54) is 4.68 Å². The van der Waals surface area contributed by atoms with Crippen LogP contribution in [0.15, 0.2) is 24.3 Å². The molecule has 7 nitrogen and oxygen atoms in total. The summed E-state index contributed by atoms with van der Waals surface area (Å²) < 4.78 is 6.83. The number of aromatic nitrogens is 4. The minimum Gasteiger partial charge on any atom is -0.375 e. The number of carbonyl (C=O) groups is 1. The zero-order valence-corrected chi connectivity index (χ0v) is 13.1. The van der Waals surface area contributed by atoms with Crippen molar-refractivity contribution in [1.82, 2.24) is 25.1 Å². The summed E-state index contributed by atoms with van der Waals surface area (Å²) >= 11 is 5.87. The van der Waals surface area contributed by atoms with Crippen LogP contribution < -0.4 is 0 Å². The smallest absolute Gasteiger partial charge is 0.244 e. The highest BCUT2D eigenvalue weighted by Gasteiger charge is 2.41. The number of tetrazole rings is 1. The molecule has 1 saturated heterocycles. The number of hydrogen-bond donors (Lipinski definition) is 0. The van der Waals surface area contributed by atoms with E-state index >= 15 is 0 Å². The molecule has 3 rings (SSSR count). The van der Waals surface area contributed by atoms with Gasteiger partial charge in [0.05, 0.1) is 18.7 Å². The normalized spacial score (nSPS) is 16.4. The Bertz CT molecular complexity index is 679. The molecule has 0 saturated carbocycles. The van der Waals surface area contributed by atoms with Crippen molar-refractivity contribution < 1.29 is 9.53 Å². The standard InChI is InChI=1S/C14H16ClN5O2/c1-14(22-2)8-19(9-14)12(21)7-20-13(16-17-18-20)10-3-5-11(15)6-4-10/h3-6H,7-9H2,1-2H3. The molecule has 0 N–H and O–H groups in total. The highest BCUT2D eigenvalue weighted by Crippen LogP contribution is 2.24. The molecule has 2 heterocycles. The van der Waals surface area contributed by atoms with Crippen LogP contribution in [0.5, 0.6) is 0 Å². The van der Waals surface area contributed by atoms with E-state index < -0.39 is 0 Å². The summed E-state index contributed by atoms with van der Waals surface area (Å²) in [6.07, 6.45) is 0. The van der Waals surface area contributed by atoms with E-state index in [0.717, 1.165) is 5.56 Å². The van der Waals surface area contributed by atoms with Crippen LogP contribution in [-0.4, -0.2) is 56.8 Å². The summed E-state index contributed by atoms with van der Waals surface area (Å²) in [6.45, 7) is 3.25. The predicted molar refractivity (Wildman–Crippen MR) is 80.3 cm³/mol. The summed E-state index contributed by atoms with van der Waals surface area (Å²) in [6, 6.07) is 7.16. The zero-order chi connectivity index (χ0) is 15.7. The number of rotatable bonds is 4. The lowest BCUT2D eigenvalue weighted by atomic mass is 9.96. The minimum atomic E-state index is -0.241. The van der Waals surface area contributed by atoms with E-state index in [0.29, 0.717) is 23.9 Å². The van der Waals surface area contributed by atoms with Gasteiger partial charge in [-0.15, -0.1) is 5.10 Å². The molecule has 1 aromatic carbocycles. The average molecular weight is 322 g/mol. The number of likely N-dealkylation sites (tertiary alicyclic amines) is 1. The van der Waals surface area contributed by atoms with Crippen molar-refractivity contribution in [2.75, 3.05) is 20.2 Å². The van der Waals surface area contributed by atoms with E-state index in [9.17, 15) is 4.79 Å². The molecule has 1 aliphatic rings. The molecule has 1 fully saturated rings. The van der Waals surface area contributed by atoms with E-state index in [1.54, 1.807) is 24.1 Å². The van der Waals surface area contributed by atoms with Gasteiger partial charge in [-0.3, -0.25) is 4.79 Å². The minimum absolute atomic E-state index is 0.0305. The average Bonchev–Trinajstić information content (AvgIpc) is 2.92. The Morgan fingerprint density at radius 3 is 2.68 bits per heavy atom. The monoisotopic (exact) mass is 321 g/mol. The van der Waals surface area contributed by atoms with Crippen molar-refractivity contribution in [2.24, 2.45) is 0 Å². The molecule has 0 atom stereocenters.